The number of aliphatic hydroxyl groups is 1. The van der Waals surface area contributed by atoms with Gasteiger partial charge in [0.15, 0.2) is 0 Å². The van der Waals surface area contributed by atoms with E-state index in [1.54, 1.807) is 6.20 Å². The second-order valence-electron chi connectivity index (χ2n) is 4.09. The lowest BCUT2D eigenvalue weighted by molar-refractivity contribution is 0.281. The van der Waals surface area contributed by atoms with Gasteiger partial charge in [0.25, 0.3) is 0 Å². The Bertz CT molecular complexity index is 531. The molecule has 0 spiro atoms. The quantitative estimate of drug-likeness (QED) is 0.943. The molecule has 0 aliphatic carbocycles. The number of aliphatic hydroxyl groups excluding tert-OH is 1. The number of rotatable bonds is 4. The minimum atomic E-state index is 0.00345. The minimum Gasteiger partial charge on any atom is -0.392 e. The van der Waals surface area contributed by atoms with Gasteiger partial charge in [-0.15, -0.1) is 0 Å². The molecule has 1 N–H and O–H groups in total. The average molecular weight is 307 g/mol. The molecule has 0 aliphatic heterocycles. The van der Waals surface area contributed by atoms with Crippen molar-refractivity contribution >= 4 is 21.7 Å². The molecule has 0 amide bonds. The van der Waals surface area contributed by atoms with E-state index in [1.165, 1.54) is 5.56 Å². The van der Waals surface area contributed by atoms with Gasteiger partial charge in [-0.25, -0.2) is 4.98 Å². The summed E-state index contributed by atoms with van der Waals surface area (Å²) in [6, 6.07) is 11.8. The summed E-state index contributed by atoms with van der Waals surface area (Å²) in [5.41, 5.74) is 2.03. The first-order chi connectivity index (χ1) is 8.72. The highest BCUT2D eigenvalue weighted by atomic mass is 79.9. The van der Waals surface area contributed by atoms with E-state index in [9.17, 15) is 5.11 Å². The maximum Gasteiger partial charge on any atom is 0.134 e. The Labute approximate surface area is 115 Å². The fourth-order valence-electron chi connectivity index (χ4n) is 1.85. The van der Waals surface area contributed by atoms with Crippen LogP contribution in [0, 0.1) is 0 Å². The molecule has 1 aromatic heterocycles. The van der Waals surface area contributed by atoms with Crippen molar-refractivity contribution in [3.05, 3.63) is 58.2 Å². The number of hydrogen-bond donors (Lipinski definition) is 1. The second-order valence-corrected chi connectivity index (χ2v) is 4.95. The van der Waals surface area contributed by atoms with E-state index in [-0.39, 0.29) is 6.61 Å². The van der Waals surface area contributed by atoms with E-state index in [4.69, 9.17) is 0 Å². The van der Waals surface area contributed by atoms with Crippen LogP contribution >= 0.6 is 15.9 Å². The third kappa shape index (κ3) is 2.89. The molecule has 0 aliphatic rings. The SMILES string of the molecule is CN(Cc1ccccc1Br)c1ncccc1CO. The highest BCUT2D eigenvalue weighted by molar-refractivity contribution is 9.10. The number of pyridine rings is 1. The normalized spacial score (nSPS) is 10.4. The first-order valence-corrected chi connectivity index (χ1v) is 6.51. The Kier molecular flexibility index (Phi) is 4.33. The third-order valence-electron chi connectivity index (χ3n) is 2.76. The van der Waals surface area contributed by atoms with Crippen molar-refractivity contribution in [2.45, 2.75) is 13.2 Å². The number of nitrogens with zero attached hydrogens (tertiary/aromatic N) is 2. The van der Waals surface area contributed by atoms with E-state index in [0.29, 0.717) is 0 Å². The molecule has 1 aromatic carbocycles. The number of benzene rings is 1. The van der Waals surface area contributed by atoms with Gasteiger partial charge < -0.3 is 10.0 Å². The maximum atomic E-state index is 9.31. The van der Waals surface area contributed by atoms with Crippen LogP contribution in [0.5, 0.6) is 0 Å². The minimum absolute atomic E-state index is 0.00345. The molecule has 0 atom stereocenters. The van der Waals surface area contributed by atoms with Crippen LogP contribution in [-0.4, -0.2) is 17.1 Å². The van der Waals surface area contributed by atoms with E-state index in [2.05, 4.69) is 27.0 Å². The summed E-state index contributed by atoms with van der Waals surface area (Å²) in [6.45, 7) is 0.745. The number of halogens is 1. The molecule has 18 heavy (non-hydrogen) atoms. The topological polar surface area (TPSA) is 36.4 Å². The van der Waals surface area contributed by atoms with E-state index in [0.717, 1.165) is 22.4 Å². The van der Waals surface area contributed by atoms with Gasteiger partial charge in [-0.1, -0.05) is 40.2 Å². The van der Waals surface area contributed by atoms with Crippen LogP contribution in [-0.2, 0) is 13.2 Å². The standard InChI is InChI=1S/C14H15BrN2O/c1-17(9-11-5-2-3-7-13(11)15)14-12(10-18)6-4-8-16-14/h2-8,18H,9-10H2,1H3. The highest BCUT2D eigenvalue weighted by Gasteiger charge is 2.09. The summed E-state index contributed by atoms with van der Waals surface area (Å²) in [5, 5.41) is 9.31. The van der Waals surface area contributed by atoms with E-state index >= 15 is 0 Å². The molecule has 94 valence electrons. The first kappa shape index (κ1) is 13.1. The van der Waals surface area contributed by atoms with Crippen molar-refractivity contribution in [2.75, 3.05) is 11.9 Å². The number of hydrogen-bond acceptors (Lipinski definition) is 3. The summed E-state index contributed by atoms with van der Waals surface area (Å²) in [6.07, 6.45) is 1.74. The average Bonchev–Trinajstić information content (AvgIpc) is 2.41. The monoisotopic (exact) mass is 306 g/mol. The van der Waals surface area contributed by atoms with Gasteiger partial charge in [0.1, 0.15) is 5.82 Å². The van der Waals surface area contributed by atoms with Crippen LogP contribution in [0.4, 0.5) is 5.82 Å². The molecule has 0 bridgehead atoms. The lowest BCUT2D eigenvalue weighted by Gasteiger charge is -2.21. The Morgan fingerprint density at radius 2 is 1.89 bits per heavy atom. The molecule has 0 fully saturated rings. The second kappa shape index (κ2) is 5.98. The molecule has 0 saturated carbocycles. The molecular weight excluding hydrogens is 292 g/mol. The molecule has 2 rings (SSSR count). The molecule has 2 aromatic rings. The van der Waals surface area contributed by atoms with Crippen molar-refractivity contribution in [3.63, 3.8) is 0 Å². The van der Waals surface area contributed by atoms with Gasteiger partial charge in [-0.3, -0.25) is 0 Å². The summed E-state index contributed by atoms with van der Waals surface area (Å²) >= 11 is 3.54. The molecule has 0 radical (unpaired) electrons. The number of aromatic nitrogens is 1. The van der Waals surface area contributed by atoms with Crippen molar-refractivity contribution < 1.29 is 5.11 Å². The third-order valence-corrected chi connectivity index (χ3v) is 3.54. The Morgan fingerprint density at radius 1 is 1.17 bits per heavy atom. The molecule has 0 unspecified atom stereocenters. The van der Waals surface area contributed by atoms with E-state index < -0.39 is 0 Å². The van der Waals surface area contributed by atoms with Gasteiger partial charge in [-0.2, -0.15) is 0 Å². The maximum absolute atomic E-state index is 9.31. The van der Waals surface area contributed by atoms with Gasteiger partial charge >= 0.3 is 0 Å². The van der Waals surface area contributed by atoms with Crippen molar-refractivity contribution in [3.8, 4) is 0 Å². The molecular formula is C14H15BrN2O. The van der Waals surface area contributed by atoms with Crippen LogP contribution in [0.15, 0.2) is 47.1 Å². The Balaban J connectivity index is 2.22. The van der Waals surface area contributed by atoms with Gasteiger partial charge in [0.05, 0.1) is 6.61 Å². The van der Waals surface area contributed by atoms with Crippen LogP contribution < -0.4 is 4.90 Å². The zero-order chi connectivity index (χ0) is 13.0. The Morgan fingerprint density at radius 3 is 2.61 bits per heavy atom. The first-order valence-electron chi connectivity index (χ1n) is 5.71. The lowest BCUT2D eigenvalue weighted by Crippen LogP contribution is -2.19. The fourth-order valence-corrected chi connectivity index (χ4v) is 2.26. The van der Waals surface area contributed by atoms with Crippen LogP contribution in [0.3, 0.4) is 0 Å². The zero-order valence-electron chi connectivity index (χ0n) is 10.2. The summed E-state index contributed by atoms with van der Waals surface area (Å²) < 4.78 is 1.08. The van der Waals surface area contributed by atoms with Crippen molar-refractivity contribution in [2.24, 2.45) is 0 Å². The van der Waals surface area contributed by atoms with Gasteiger partial charge in [0, 0.05) is 29.8 Å². The zero-order valence-corrected chi connectivity index (χ0v) is 11.8. The van der Waals surface area contributed by atoms with Crippen molar-refractivity contribution in [1.29, 1.82) is 0 Å². The highest BCUT2D eigenvalue weighted by Crippen LogP contribution is 2.22. The van der Waals surface area contributed by atoms with Crippen LogP contribution in [0.2, 0.25) is 0 Å². The molecule has 1 heterocycles. The molecule has 3 nitrogen and oxygen atoms in total. The van der Waals surface area contributed by atoms with Crippen molar-refractivity contribution in [1.82, 2.24) is 4.98 Å². The lowest BCUT2D eigenvalue weighted by atomic mass is 10.2. The van der Waals surface area contributed by atoms with Gasteiger partial charge in [-0.05, 0) is 17.7 Å². The largest absolute Gasteiger partial charge is 0.392 e. The summed E-state index contributed by atoms with van der Waals surface area (Å²) in [5.74, 6) is 0.816. The van der Waals surface area contributed by atoms with Gasteiger partial charge in [0.2, 0.25) is 0 Å². The van der Waals surface area contributed by atoms with Crippen LogP contribution in [0.1, 0.15) is 11.1 Å². The molecule has 0 saturated heterocycles. The summed E-state index contributed by atoms with van der Waals surface area (Å²) in [4.78, 5) is 6.36. The molecule has 4 heteroatoms. The van der Waals surface area contributed by atoms with E-state index in [1.807, 2.05) is 42.3 Å². The number of anilines is 1. The predicted molar refractivity (Wildman–Crippen MR) is 76.4 cm³/mol. The smallest absolute Gasteiger partial charge is 0.134 e. The van der Waals surface area contributed by atoms with Crippen LogP contribution in [0.25, 0.3) is 0 Å². The predicted octanol–water partition coefficient (Wildman–Crippen LogP) is 2.97. The summed E-state index contributed by atoms with van der Waals surface area (Å²) in [7, 11) is 1.97. The fraction of sp³-hybridized carbons (Fsp3) is 0.214. The Hall–Kier alpha value is -1.39.